The van der Waals surface area contributed by atoms with E-state index in [1.54, 1.807) is 6.20 Å². The molecule has 0 saturated carbocycles. The first-order valence-corrected chi connectivity index (χ1v) is 8.57. The van der Waals surface area contributed by atoms with Crippen molar-refractivity contribution in [1.82, 2.24) is 25.6 Å². The van der Waals surface area contributed by atoms with Crippen molar-refractivity contribution in [3.05, 3.63) is 35.0 Å². The van der Waals surface area contributed by atoms with E-state index in [0.29, 0.717) is 5.92 Å². The monoisotopic (exact) mass is 331 g/mol. The number of hydrogen-bond acceptors (Lipinski definition) is 4. The zero-order chi connectivity index (χ0) is 17.1. The lowest BCUT2D eigenvalue weighted by Crippen LogP contribution is -2.45. The van der Waals surface area contributed by atoms with E-state index in [1.807, 2.05) is 24.8 Å². The van der Waals surface area contributed by atoms with Crippen LogP contribution in [0, 0.1) is 13.8 Å². The summed E-state index contributed by atoms with van der Waals surface area (Å²) in [5.41, 5.74) is 3.01. The van der Waals surface area contributed by atoms with Crippen LogP contribution in [0.3, 0.4) is 0 Å². The molecule has 130 valence electrons. The minimum Gasteiger partial charge on any atom is -0.361 e. The molecule has 2 aromatic heterocycles. The molecule has 1 aliphatic rings. The second-order valence-corrected chi connectivity index (χ2v) is 6.42. The van der Waals surface area contributed by atoms with Gasteiger partial charge in [0.1, 0.15) is 5.76 Å². The fourth-order valence-electron chi connectivity index (χ4n) is 3.49. The Morgan fingerprint density at radius 1 is 1.46 bits per heavy atom. The molecule has 24 heavy (non-hydrogen) atoms. The number of H-pyrrole nitrogens is 1. The average molecular weight is 331 g/mol. The number of aromatic amines is 1. The molecule has 7 nitrogen and oxygen atoms in total. The Labute approximate surface area is 141 Å². The first-order chi connectivity index (χ1) is 11.6. The normalized spacial score (nSPS) is 17.0. The lowest BCUT2D eigenvalue weighted by atomic mass is 9.94. The standard InChI is InChI=1S/C17H25N5O2/c1-4-14(16-11(2)21-24-12(16)3)19-17(23)22-9-6-13(7-10-22)15-5-8-18-20-15/h5,8,13-14H,4,6-7,9-10H2,1-3H3,(H,18,20)(H,19,23)/t14-/m1/s1. The van der Waals surface area contributed by atoms with Gasteiger partial charge in [-0.1, -0.05) is 12.1 Å². The van der Waals surface area contributed by atoms with Gasteiger partial charge in [-0.25, -0.2) is 4.79 Å². The van der Waals surface area contributed by atoms with E-state index in [4.69, 9.17) is 4.52 Å². The molecule has 0 bridgehead atoms. The van der Waals surface area contributed by atoms with Crippen molar-refractivity contribution < 1.29 is 9.32 Å². The van der Waals surface area contributed by atoms with Crippen molar-refractivity contribution in [2.45, 2.75) is 52.0 Å². The molecule has 1 atom stereocenters. The minimum atomic E-state index is -0.0610. The summed E-state index contributed by atoms with van der Waals surface area (Å²) in [6.07, 6.45) is 4.50. The van der Waals surface area contributed by atoms with Gasteiger partial charge in [-0.15, -0.1) is 0 Å². The molecule has 0 aromatic carbocycles. The van der Waals surface area contributed by atoms with Crippen LogP contribution in [0.25, 0.3) is 0 Å². The number of likely N-dealkylation sites (tertiary alicyclic amines) is 1. The minimum absolute atomic E-state index is 0.00934. The topological polar surface area (TPSA) is 87.0 Å². The van der Waals surface area contributed by atoms with Crippen molar-refractivity contribution in [3.63, 3.8) is 0 Å². The molecule has 7 heteroatoms. The summed E-state index contributed by atoms with van der Waals surface area (Å²) in [4.78, 5) is 14.5. The first-order valence-electron chi connectivity index (χ1n) is 8.57. The molecule has 2 aromatic rings. The first kappa shape index (κ1) is 16.5. The van der Waals surface area contributed by atoms with Gasteiger partial charge in [-0.05, 0) is 39.2 Å². The van der Waals surface area contributed by atoms with Crippen molar-refractivity contribution in [2.24, 2.45) is 0 Å². The van der Waals surface area contributed by atoms with Crippen LogP contribution in [0.1, 0.15) is 60.9 Å². The number of urea groups is 1. The molecule has 1 saturated heterocycles. The summed E-state index contributed by atoms with van der Waals surface area (Å²) in [6, 6.07) is 1.95. The van der Waals surface area contributed by atoms with Crippen LogP contribution in [0.5, 0.6) is 0 Å². The van der Waals surface area contributed by atoms with E-state index < -0.39 is 0 Å². The summed E-state index contributed by atoms with van der Waals surface area (Å²) < 4.78 is 5.24. The molecule has 0 radical (unpaired) electrons. The van der Waals surface area contributed by atoms with E-state index in [-0.39, 0.29) is 12.1 Å². The number of rotatable bonds is 4. The molecular weight excluding hydrogens is 306 g/mol. The average Bonchev–Trinajstić information content (AvgIpc) is 3.24. The van der Waals surface area contributed by atoms with Crippen molar-refractivity contribution in [2.75, 3.05) is 13.1 Å². The highest BCUT2D eigenvalue weighted by Crippen LogP contribution is 2.27. The molecule has 0 unspecified atom stereocenters. The third-order valence-electron chi connectivity index (χ3n) is 4.89. The smallest absolute Gasteiger partial charge is 0.317 e. The van der Waals surface area contributed by atoms with Gasteiger partial charge in [0.25, 0.3) is 0 Å². The zero-order valence-corrected chi connectivity index (χ0v) is 14.5. The molecular formula is C17H25N5O2. The lowest BCUT2D eigenvalue weighted by molar-refractivity contribution is 0.176. The number of piperidine rings is 1. The van der Waals surface area contributed by atoms with Gasteiger partial charge in [-0.3, -0.25) is 5.10 Å². The fourth-order valence-corrected chi connectivity index (χ4v) is 3.49. The highest BCUT2D eigenvalue weighted by molar-refractivity contribution is 5.75. The molecule has 3 heterocycles. The molecule has 2 amide bonds. The van der Waals surface area contributed by atoms with Crippen LogP contribution in [-0.4, -0.2) is 39.4 Å². The summed E-state index contributed by atoms with van der Waals surface area (Å²) in [7, 11) is 0. The Morgan fingerprint density at radius 2 is 2.21 bits per heavy atom. The third-order valence-corrected chi connectivity index (χ3v) is 4.89. The lowest BCUT2D eigenvalue weighted by Gasteiger charge is -2.32. The van der Waals surface area contributed by atoms with E-state index in [9.17, 15) is 4.79 Å². The van der Waals surface area contributed by atoms with Crippen molar-refractivity contribution >= 4 is 6.03 Å². The predicted molar refractivity (Wildman–Crippen MR) is 89.7 cm³/mol. The second kappa shape index (κ2) is 7.07. The quantitative estimate of drug-likeness (QED) is 0.901. The summed E-state index contributed by atoms with van der Waals surface area (Å²) in [5.74, 6) is 1.23. The van der Waals surface area contributed by atoms with Gasteiger partial charge in [-0.2, -0.15) is 5.10 Å². The van der Waals surface area contributed by atoms with Crippen LogP contribution >= 0.6 is 0 Å². The number of aromatic nitrogens is 3. The summed E-state index contributed by atoms with van der Waals surface area (Å²) >= 11 is 0. The highest BCUT2D eigenvalue weighted by atomic mass is 16.5. The maximum Gasteiger partial charge on any atom is 0.317 e. The second-order valence-electron chi connectivity index (χ2n) is 6.42. The van der Waals surface area contributed by atoms with Gasteiger partial charge in [0.15, 0.2) is 0 Å². The Bertz CT molecular complexity index is 652. The van der Waals surface area contributed by atoms with E-state index in [1.165, 1.54) is 0 Å². The Morgan fingerprint density at radius 3 is 2.75 bits per heavy atom. The highest BCUT2D eigenvalue weighted by Gasteiger charge is 2.27. The van der Waals surface area contributed by atoms with Crippen molar-refractivity contribution in [3.8, 4) is 0 Å². The van der Waals surface area contributed by atoms with E-state index in [0.717, 1.165) is 55.1 Å². The Kier molecular flexibility index (Phi) is 4.87. The summed E-state index contributed by atoms with van der Waals surface area (Å²) in [6.45, 7) is 7.37. The largest absolute Gasteiger partial charge is 0.361 e. The molecule has 1 aliphatic heterocycles. The molecule has 1 fully saturated rings. The van der Waals surface area contributed by atoms with Gasteiger partial charge < -0.3 is 14.7 Å². The van der Waals surface area contributed by atoms with Crippen LogP contribution in [-0.2, 0) is 0 Å². The van der Waals surface area contributed by atoms with Gasteiger partial charge >= 0.3 is 6.03 Å². The third kappa shape index (κ3) is 3.29. The van der Waals surface area contributed by atoms with Gasteiger partial charge in [0.05, 0.1) is 11.7 Å². The molecule has 0 spiro atoms. The molecule has 3 rings (SSSR count). The Balaban J connectivity index is 1.59. The Hall–Kier alpha value is -2.31. The fraction of sp³-hybridized carbons (Fsp3) is 0.588. The number of nitrogens with zero attached hydrogens (tertiary/aromatic N) is 3. The van der Waals surface area contributed by atoms with Gasteiger partial charge in [0.2, 0.25) is 0 Å². The SMILES string of the molecule is CC[C@@H](NC(=O)N1CCC(c2ccn[nH]2)CC1)c1c(C)noc1C. The number of amides is 2. The maximum atomic E-state index is 12.6. The van der Waals surface area contributed by atoms with E-state index >= 15 is 0 Å². The van der Waals surface area contributed by atoms with E-state index in [2.05, 4.69) is 27.6 Å². The van der Waals surface area contributed by atoms with Crippen LogP contribution in [0.4, 0.5) is 4.79 Å². The van der Waals surface area contributed by atoms with Crippen LogP contribution in [0.2, 0.25) is 0 Å². The van der Waals surface area contributed by atoms with Crippen molar-refractivity contribution in [1.29, 1.82) is 0 Å². The number of carbonyl (C=O) groups excluding carboxylic acids is 1. The van der Waals surface area contributed by atoms with Crippen LogP contribution < -0.4 is 5.32 Å². The number of aryl methyl sites for hydroxylation is 2. The number of carbonyl (C=O) groups is 1. The predicted octanol–water partition coefficient (Wildman–Crippen LogP) is 3.05. The maximum absolute atomic E-state index is 12.6. The summed E-state index contributed by atoms with van der Waals surface area (Å²) in [5, 5.41) is 14.2. The van der Waals surface area contributed by atoms with Crippen LogP contribution in [0.15, 0.2) is 16.8 Å². The number of nitrogens with one attached hydrogen (secondary N) is 2. The number of hydrogen-bond donors (Lipinski definition) is 2. The van der Waals surface area contributed by atoms with Gasteiger partial charge in [0, 0.05) is 36.5 Å². The molecule has 0 aliphatic carbocycles. The molecule has 2 N–H and O–H groups in total. The zero-order valence-electron chi connectivity index (χ0n) is 14.5.